The molecule has 0 aliphatic heterocycles. The highest BCUT2D eigenvalue weighted by Gasteiger charge is 2.12. The van der Waals surface area contributed by atoms with Gasteiger partial charge in [-0.15, -0.1) is 0 Å². The smallest absolute Gasteiger partial charge is 0.212 e. The maximum atomic E-state index is 12.2. The van der Waals surface area contributed by atoms with Crippen molar-refractivity contribution in [2.45, 2.75) is 13.5 Å². The maximum Gasteiger partial charge on any atom is 0.212 e. The van der Waals surface area contributed by atoms with Crippen molar-refractivity contribution in [2.75, 3.05) is 13.2 Å². The third-order valence-electron chi connectivity index (χ3n) is 2.68. The summed E-state index contributed by atoms with van der Waals surface area (Å²) in [5, 5.41) is 0. The molecule has 2 N–H and O–H groups in total. The number of carbonyl (C=O) groups excluding carboxylic acids is 1. The van der Waals surface area contributed by atoms with Crippen LogP contribution in [0.4, 0.5) is 0 Å². The molecule has 0 aliphatic carbocycles. The Morgan fingerprint density at radius 1 is 1.37 bits per heavy atom. The zero-order chi connectivity index (χ0) is 13.7. The molecule has 0 bridgehead atoms. The number of aromatic nitrogens is 2. The van der Waals surface area contributed by atoms with Crippen LogP contribution in [-0.2, 0) is 6.54 Å². The van der Waals surface area contributed by atoms with Gasteiger partial charge in [-0.25, -0.2) is 4.98 Å². The second kappa shape index (κ2) is 6.15. The largest absolute Gasteiger partial charge is 0.494 e. The van der Waals surface area contributed by atoms with Gasteiger partial charge in [0.15, 0.2) is 0 Å². The first-order valence-corrected chi connectivity index (χ1v) is 6.24. The van der Waals surface area contributed by atoms with E-state index in [4.69, 9.17) is 10.5 Å². The average Bonchev–Trinajstić information content (AvgIpc) is 2.88. The van der Waals surface area contributed by atoms with E-state index in [0.29, 0.717) is 31.0 Å². The van der Waals surface area contributed by atoms with Crippen LogP contribution in [0.15, 0.2) is 36.8 Å². The highest BCUT2D eigenvalue weighted by atomic mass is 16.5. The van der Waals surface area contributed by atoms with Crippen LogP contribution in [0, 0.1) is 0 Å². The molecule has 0 radical (unpaired) electrons. The summed E-state index contributed by atoms with van der Waals surface area (Å²) in [6.45, 7) is 3.70. The van der Waals surface area contributed by atoms with Gasteiger partial charge in [-0.05, 0) is 31.2 Å². The summed E-state index contributed by atoms with van der Waals surface area (Å²) in [5.41, 5.74) is 6.48. The van der Waals surface area contributed by atoms with Crippen molar-refractivity contribution in [3.63, 3.8) is 0 Å². The second-order valence-corrected chi connectivity index (χ2v) is 4.07. The lowest BCUT2D eigenvalue weighted by Crippen LogP contribution is -2.08. The van der Waals surface area contributed by atoms with Crippen molar-refractivity contribution in [1.29, 1.82) is 0 Å². The van der Waals surface area contributed by atoms with E-state index in [1.54, 1.807) is 36.8 Å². The van der Waals surface area contributed by atoms with Crippen LogP contribution in [0.2, 0.25) is 0 Å². The summed E-state index contributed by atoms with van der Waals surface area (Å²) in [6.07, 6.45) is 3.33. The molecule has 0 aliphatic rings. The van der Waals surface area contributed by atoms with Gasteiger partial charge in [-0.1, -0.05) is 0 Å². The number of hydrogen-bond acceptors (Lipinski definition) is 4. The van der Waals surface area contributed by atoms with E-state index in [1.807, 2.05) is 11.5 Å². The lowest BCUT2D eigenvalue weighted by Gasteiger charge is -2.03. The van der Waals surface area contributed by atoms with Crippen LogP contribution < -0.4 is 10.5 Å². The number of imidazole rings is 1. The van der Waals surface area contributed by atoms with Gasteiger partial charge in [0.2, 0.25) is 5.78 Å². The first kappa shape index (κ1) is 13.3. The number of rotatable bonds is 6. The van der Waals surface area contributed by atoms with Crippen molar-refractivity contribution >= 4 is 5.78 Å². The van der Waals surface area contributed by atoms with E-state index in [2.05, 4.69) is 4.98 Å². The third-order valence-corrected chi connectivity index (χ3v) is 2.68. The highest BCUT2D eigenvalue weighted by Crippen LogP contribution is 2.14. The van der Waals surface area contributed by atoms with Crippen LogP contribution in [-0.4, -0.2) is 28.5 Å². The predicted molar refractivity (Wildman–Crippen MR) is 72.3 cm³/mol. The minimum absolute atomic E-state index is 0.0983. The van der Waals surface area contributed by atoms with Crippen LogP contribution in [0.5, 0.6) is 5.75 Å². The number of benzene rings is 1. The van der Waals surface area contributed by atoms with Crippen molar-refractivity contribution in [1.82, 2.24) is 9.55 Å². The molecule has 0 amide bonds. The minimum atomic E-state index is -0.0983. The fraction of sp³-hybridized carbons (Fsp3) is 0.286. The molecule has 5 heteroatoms. The molecule has 0 unspecified atom stereocenters. The van der Waals surface area contributed by atoms with Gasteiger partial charge in [-0.2, -0.15) is 0 Å². The molecular formula is C14H17N3O2. The standard InChI is InChI=1S/C14H17N3O2/c1-2-19-12-5-3-11(4-6-12)14(18)13-9-17(8-7-15)10-16-13/h3-6,9-10H,2,7-8,15H2,1H3. The molecule has 0 fully saturated rings. The van der Waals surface area contributed by atoms with Gasteiger partial charge in [0.25, 0.3) is 0 Å². The fourth-order valence-electron chi connectivity index (χ4n) is 1.77. The normalized spacial score (nSPS) is 10.4. The summed E-state index contributed by atoms with van der Waals surface area (Å²) in [7, 11) is 0. The van der Waals surface area contributed by atoms with Gasteiger partial charge in [0, 0.05) is 24.8 Å². The second-order valence-electron chi connectivity index (χ2n) is 4.07. The molecule has 0 atom stereocenters. The van der Waals surface area contributed by atoms with Crippen molar-refractivity contribution in [3.05, 3.63) is 48.0 Å². The van der Waals surface area contributed by atoms with E-state index in [0.717, 1.165) is 5.75 Å². The fourth-order valence-corrected chi connectivity index (χ4v) is 1.77. The number of carbonyl (C=O) groups is 1. The van der Waals surface area contributed by atoms with Crippen molar-refractivity contribution in [2.24, 2.45) is 5.73 Å². The number of nitrogens with zero attached hydrogens (tertiary/aromatic N) is 2. The number of nitrogens with two attached hydrogens (primary N) is 1. The SMILES string of the molecule is CCOc1ccc(C(=O)c2cn(CCN)cn2)cc1. The topological polar surface area (TPSA) is 70.1 Å². The molecule has 0 saturated carbocycles. The Bertz CT molecular complexity index is 546. The maximum absolute atomic E-state index is 12.2. The van der Waals surface area contributed by atoms with Gasteiger partial charge in [-0.3, -0.25) is 4.79 Å². The summed E-state index contributed by atoms with van der Waals surface area (Å²) < 4.78 is 7.14. The Morgan fingerprint density at radius 2 is 2.11 bits per heavy atom. The molecular weight excluding hydrogens is 242 g/mol. The van der Waals surface area contributed by atoms with E-state index in [1.165, 1.54) is 0 Å². The molecule has 0 spiro atoms. The Balaban J connectivity index is 2.13. The van der Waals surface area contributed by atoms with Gasteiger partial charge < -0.3 is 15.0 Å². The van der Waals surface area contributed by atoms with Crippen molar-refractivity contribution < 1.29 is 9.53 Å². The van der Waals surface area contributed by atoms with E-state index in [-0.39, 0.29) is 5.78 Å². The lowest BCUT2D eigenvalue weighted by atomic mass is 10.1. The van der Waals surface area contributed by atoms with Gasteiger partial charge in [0.1, 0.15) is 11.4 Å². The average molecular weight is 259 g/mol. The van der Waals surface area contributed by atoms with Crippen LogP contribution in [0.25, 0.3) is 0 Å². The Morgan fingerprint density at radius 3 is 2.74 bits per heavy atom. The first-order valence-electron chi connectivity index (χ1n) is 6.24. The van der Waals surface area contributed by atoms with Gasteiger partial charge in [0.05, 0.1) is 12.9 Å². The molecule has 1 aromatic heterocycles. The first-order chi connectivity index (χ1) is 9.24. The molecule has 2 rings (SSSR count). The Kier molecular flexibility index (Phi) is 4.30. The highest BCUT2D eigenvalue weighted by molar-refractivity contribution is 6.07. The summed E-state index contributed by atoms with van der Waals surface area (Å²) >= 11 is 0. The molecule has 2 aromatic rings. The van der Waals surface area contributed by atoms with Crippen molar-refractivity contribution in [3.8, 4) is 5.75 Å². The van der Waals surface area contributed by atoms with Crippen LogP contribution in [0.1, 0.15) is 23.0 Å². The number of ketones is 1. The number of hydrogen-bond donors (Lipinski definition) is 1. The van der Waals surface area contributed by atoms with E-state index in [9.17, 15) is 4.79 Å². The van der Waals surface area contributed by atoms with E-state index < -0.39 is 0 Å². The summed E-state index contributed by atoms with van der Waals surface area (Å²) in [4.78, 5) is 16.3. The number of ether oxygens (including phenoxy) is 1. The zero-order valence-electron chi connectivity index (χ0n) is 10.9. The Labute approximate surface area is 112 Å². The molecule has 100 valence electrons. The Hall–Kier alpha value is -2.14. The molecule has 1 heterocycles. The molecule has 1 aromatic carbocycles. The van der Waals surface area contributed by atoms with Crippen LogP contribution >= 0.6 is 0 Å². The third kappa shape index (κ3) is 3.20. The van der Waals surface area contributed by atoms with E-state index >= 15 is 0 Å². The molecule has 0 saturated heterocycles. The zero-order valence-corrected chi connectivity index (χ0v) is 10.9. The summed E-state index contributed by atoms with van der Waals surface area (Å²) in [6, 6.07) is 7.06. The monoisotopic (exact) mass is 259 g/mol. The van der Waals surface area contributed by atoms with Crippen LogP contribution in [0.3, 0.4) is 0 Å². The van der Waals surface area contributed by atoms with Gasteiger partial charge >= 0.3 is 0 Å². The lowest BCUT2D eigenvalue weighted by molar-refractivity contribution is 0.103. The minimum Gasteiger partial charge on any atom is -0.494 e. The quantitative estimate of drug-likeness (QED) is 0.797. The molecule has 5 nitrogen and oxygen atoms in total. The molecule has 19 heavy (non-hydrogen) atoms. The summed E-state index contributed by atoms with van der Waals surface area (Å²) in [5.74, 6) is 0.659. The predicted octanol–water partition coefficient (Wildman–Crippen LogP) is 1.47.